The minimum atomic E-state index is 1.01. The zero-order chi connectivity index (χ0) is 5.56. The van der Waals surface area contributed by atoms with Gasteiger partial charge in [-0.15, -0.1) is 0 Å². The molecule has 2 aliphatic carbocycles. The predicted octanol–water partition coefficient (Wildman–Crippen LogP) is 2.36. The van der Waals surface area contributed by atoms with Crippen molar-refractivity contribution in [2.45, 2.75) is 26.2 Å². The van der Waals surface area contributed by atoms with Crippen LogP contribution in [0.25, 0.3) is 0 Å². The van der Waals surface area contributed by atoms with Crippen LogP contribution in [0.5, 0.6) is 0 Å². The first-order chi connectivity index (χ1) is 3.86. The average molecular weight is 108 g/mol. The number of fused-ring (bicyclic) bond motifs is 1. The van der Waals surface area contributed by atoms with Crippen molar-refractivity contribution in [1.82, 2.24) is 0 Å². The maximum absolute atomic E-state index is 2.47. The van der Waals surface area contributed by atoms with E-state index in [4.69, 9.17) is 0 Å². The summed E-state index contributed by atoms with van der Waals surface area (Å²) < 4.78 is 0. The number of hydrogen-bond donors (Lipinski definition) is 0. The topological polar surface area (TPSA) is 0 Å². The van der Waals surface area contributed by atoms with E-state index in [1.807, 2.05) is 0 Å². The molecule has 1 unspecified atom stereocenters. The van der Waals surface area contributed by atoms with Gasteiger partial charge in [0, 0.05) is 0 Å². The van der Waals surface area contributed by atoms with Gasteiger partial charge < -0.3 is 0 Å². The predicted molar refractivity (Wildman–Crippen MR) is 34.6 cm³/mol. The van der Waals surface area contributed by atoms with Crippen molar-refractivity contribution in [3.8, 4) is 0 Å². The first-order valence-electron chi connectivity index (χ1n) is 3.53. The van der Waals surface area contributed by atoms with E-state index in [0.29, 0.717) is 0 Å². The quantitative estimate of drug-likeness (QED) is 0.418. The summed E-state index contributed by atoms with van der Waals surface area (Å²) in [4.78, 5) is 0. The molecule has 0 saturated heterocycles. The second kappa shape index (κ2) is 1.37. The summed E-state index contributed by atoms with van der Waals surface area (Å²) in [6.07, 6.45) is 6.85. The van der Waals surface area contributed by atoms with E-state index in [9.17, 15) is 0 Å². The van der Waals surface area contributed by atoms with Gasteiger partial charge in [-0.2, -0.15) is 0 Å². The Kier molecular flexibility index (Phi) is 0.787. The van der Waals surface area contributed by atoms with E-state index in [0.717, 1.165) is 11.8 Å². The van der Waals surface area contributed by atoms with Crippen molar-refractivity contribution >= 4 is 0 Å². The minimum absolute atomic E-state index is 1.01. The van der Waals surface area contributed by atoms with E-state index in [1.54, 1.807) is 5.57 Å². The first-order valence-corrected chi connectivity index (χ1v) is 3.53. The maximum Gasteiger partial charge on any atom is -0.0199 e. The van der Waals surface area contributed by atoms with Gasteiger partial charge in [0.25, 0.3) is 0 Å². The molecule has 0 N–H and O–H groups in total. The lowest BCUT2D eigenvalue weighted by Gasteiger charge is -2.29. The first kappa shape index (κ1) is 4.60. The van der Waals surface area contributed by atoms with Gasteiger partial charge in [0.2, 0.25) is 0 Å². The summed E-state index contributed by atoms with van der Waals surface area (Å²) in [7, 11) is 0. The van der Waals surface area contributed by atoms with Crippen LogP contribution in [-0.2, 0) is 0 Å². The van der Waals surface area contributed by atoms with Crippen LogP contribution in [-0.4, -0.2) is 0 Å². The Morgan fingerprint density at radius 2 is 2.38 bits per heavy atom. The molecule has 1 fully saturated rings. The van der Waals surface area contributed by atoms with Crippen LogP contribution in [0.15, 0.2) is 11.6 Å². The van der Waals surface area contributed by atoms with Crippen LogP contribution in [0.1, 0.15) is 26.2 Å². The molecule has 44 valence electrons. The third-order valence-corrected chi connectivity index (χ3v) is 2.56. The summed E-state index contributed by atoms with van der Waals surface area (Å²) in [6, 6.07) is 0. The Labute approximate surface area is 50.6 Å². The van der Waals surface area contributed by atoms with Crippen LogP contribution in [0.3, 0.4) is 0 Å². The van der Waals surface area contributed by atoms with Crippen molar-refractivity contribution in [3.63, 3.8) is 0 Å². The molecule has 2 rings (SSSR count). The molecule has 2 aliphatic rings. The fourth-order valence-corrected chi connectivity index (χ4v) is 1.91. The molecule has 0 nitrogen and oxygen atoms in total. The van der Waals surface area contributed by atoms with E-state index >= 15 is 0 Å². The molecular weight excluding hydrogens is 96.1 g/mol. The zero-order valence-corrected chi connectivity index (χ0v) is 5.35. The van der Waals surface area contributed by atoms with Crippen LogP contribution >= 0.6 is 0 Å². The lowest BCUT2D eigenvalue weighted by atomic mass is 9.76. The smallest absolute Gasteiger partial charge is 0.0199 e. The van der Waals surface area contributed by atoms with Crippen molar-refractivity contribution in [3.05, 3.63) is 11.6 Å². The van der Waals surface area contributed by atoms with Gasteiger partial charge in [-0.1, -0.05) is 11.6 Å². The summed E-state index contributed by atoms with van der Waals surface area (Å²) in [6.45, 7) is 2.26. The lowest BCUT2D eigenvalue weighted by molar-refractivity contribution is 0.248. The number of allylic oxidation sites excluding steroid dienone is 2. The third-order valence-electron chi connectivity index (χ3n) is 2.56. The standard InChI is InChI=1S/C8H12/c1-6-4-7-2-3-8(7)5-6/h4,7-8H,2-3,5H2,1H3/t7?,8-/m1/s1. The van der Waals surface area contributed by atoms with Gasteiger partial charge in [0.05, 0.1) is 0 Å². The largest absolute Gasteiger partial charge is 0.0822 e. The highest BCUT2D eigenvalue weighted by Gasteiger charge is 2.32. The van der Waals surface area contributed by atoms with E-state index < -0.39 is 0 Å². The molecule has 0 heterocycles. The molecule has 1 saturated carbocycles. The second-order valence-corrected chi connectivity index (χ2v) is 3.22. The molecule has 2 atom stereocenters. The molecule has 0 bridgehead atoms. The SMILES string of the molecule is CC1=CC2CC[C@@H]2C1. The molecule has 0 radical (unpaired) electrons. The van der Waals surface area contributed by atoms with Gasteiger partial charge >= 0.3 is 0 Å². The van der Waals surface area contributed by atoms with Gasteiger partial charge in [0.1, 0.15) is 0 Å². The molecule has 0 aromatic rings. The summed E-state index contributed by atoms with van der Waals surface area (Å²) in [5.74, 6) is 2.09. The van der Waals surface area contributed by atoms with E-state index in [1.165, 1.54) is 19.3 Å². The van der Waals surface area contributed by atoms with Crippen molar-refractivity contribution in [1.29, 1.82) is 0 Å². The lowest BCUT2D eigenvalue weighted by Crippen LogP contribution is -2.19. The Balaban J connectivity index is 2.14. The average Bonchev–Trinajstić information content (AvgIpc) is 1.91. The molecule has 0 heteroatoms. The van der Waals surface area contributed by atoms with E-state index in [-0.39, 0.29) is 0 Å². The van der Waals surface area contributed by atoms with Crippen molar-refractivity contribution < 1.29 is 0 Å². The van der Waals surface area contributed by atoms with Crippen LogP contribution < -0.4 is 0 Å². The zero-order valence-electron chi connectivity index (χ0n) is 5.35. The van der Waals surface area contributed by atoms with Crippen molar-refractivity contribution in [2.75, 3.05) is 0 Å². The molecule has 0 aliphatic heterocycles. The third kappa shape index (κ3) is 0.460. The fourth-order valence-electron chi connectivity index (χ4n) is 1.91. The van der Waals surface area contributed by atoms with Gasteiger partial charge in [-0.3, -0.25) is 0 Å². The molecule has 0 aromatic heterocycles. The van der Waals surface area contributed by atoms with Gasteiger partial charge in [-0.25, -0.2) is 0 Å². The van der Waals surface area contributed by atoms with Crippen molar-refractivity contribution in [2.24, 2.45) is 11.8 Å². The second-order valence-electron chi connectivity index (χ2n) is 3.22. The molecule has 8 heavy (non-hydrogen) atoms. The minimum Gasteiger partial charge on any atom is -0.0822 e. The molecular formula is C8H12. The highest BCUT2D eigenvalue weighted by atomic mass is 14.4. The summed E-state index contributed by atoms with van der Waals surface area (Å²) in [5.41, 5.74) is 1.64. The van der Waals surface area contributed by atoms with Crippen LogP contribution in [0.2, 0.25) is 0 Å². The molecule has 0 amide bonds. The summed E-state index contributed by atoms with van der Waals surface area (Å²) in [5, 5.41) is 0. The highest BCUT2D eigenvalue weighted by molar-refractivity contribution is 5.14. The fraction of sp³-hybridized carbons (Fsp3) is 0.750. The highest BCUT2D eigenvalue weighted by Crippen LogP contribution is 2.44. The van der Waals surface area contributed by atoms with Crippen LogP contribution in [0.4, 0.5) is 0 Å². The Hall–Kier alpha value is -0.260. The number of rotatable bonds is 0. The monoisotopic (exact) mass is 108 g/mol. The Morgan fingerprint density at radius 1 is 1.50 bits per heavy atom. The summed E-state index contributed by atoms with van der Waals surface area (Å²) >= 11 is 0. The Bertz CT molecular complexity index is 133. The van der Waals surface area contributed by atoms with E-state index in [2.05, 4.69) is 13.0 Å². The normalized spacial score (nSPS) is 42.9. The van der Waals surface area contributed by atoms with Crippen LogP contribution in [0, 0.1) is 11.8 Å². The number of hydrogen-bond acceptors (Lipinski definition) is 0. The molecule has 0 aromatic carbocycles. The van der Waals surface area contributed by atoms with Gasteiger partial charge in [-0.05, 0) is 38.0 Å². The Morgan fingerprint density at radius 3 is 2.62 bits per heavy atom. The molecule has 0 spiro atoms. The maximum atomic E-state index is 2.47. The van der Waals surface area contributed by atoms with Gasteiger partial charge in [0.15, 0.2) is 0 Å².